The average Bonchev–Trinajstić information content (AvgIpc) is 1.41. The second kappa shape index (κ2) is 15.7. The molecule has 0 radical (unpaired) electrons. The van der Waals surface area contributed by atoms with E-state index in [1.807, 2.05) is 13.8 Å². The minimum atomic E-state index is 0. The summed E-state index contributed by atoms with van der Waals surface area (Å²) in [6.07, 6.45) is 0. The first-order valence-electron chi connectivity index (χ1n) is 1.63. The van der Waals surface area contributed by atoms with Crippen molar-refractivity contribution in [2.24, 2.45) is 0 Å². The van der Waals surface area contributed by atoms with Gasteiger partial charge in [-0.3, -0.25) is 13.2 Å². The Labute approximate surface area is 69.5 Å². The molecule has 0 unspecified atom stereocenters. The zero-order chi connectivity index (χ0) is 4.12. The van der Waals surface area contributed by atoms with Crippen LogP contribution in [0.5, 0.6) is 0 Å². The van der Waals surface area contributed by atoms with Crippen molar-refractivity contribution in [3.05, 3.63) is 13.2 Å². The van der Waals surface area contributed by atoms with Gasteiger partial charge in [-0.25, -0.2) is 0 Å². The van der Waals surface area contributed by atoms with Gasteiger partial charge in [0, 0.05) is 0 Å². The molecule has 0 heterocycles. The fourth-order valence-corrected chi connectivity index (χ4v) is 0.136. The van der Waals surface area contributed by atoms with E-state index in [2.05, 4.69) is 4.74 Å². The van der Waals surface area contributed by atoms with E-state index in [0.717, 1.165) is 0 Å². The normalized spacial score (nSPS) is 6.00. The fourth-order valence-electron chi connectivity index (χ4n) is 0.136. The predicted octanol–water partition coefficient (Wildman–Crippen LogP) is -4.63. The van der Waals surface area contributed by atoms with Crippen molar-refractivity contribution in [3.8, 4) is 0 Å². The number of rotatable bonds is 2. The monoisotopic (exact) mass is 86.1 g/mol. The molecule has 32 valence electrons. The summed E-state index contributed by atoms with van der Waals surface area (Å²) in [7, 11) is 0. The van der Waals surface area contributed by atoms with Crippen LogP contribution in [-0.2, 0) is 4.74 Å². The Morgan fingerprint density at radius 3 is 1.29 bits per heavy atom. The number of ether oxygens (including phenoxy) is 1. The van der Waals surface area contributed by atoms with Gasteiger partial charge < -0.3 is 4.74 Å². The third kappa shape index (κ3) is 19.1. The van der Waals surface area contributed by atoms with E-state index in [1.54, 1.807) is 13.2 Å². The van der Waals surface area contributed by atoms with Crippen LogP contribution in [0.4, 0.5) is 0 Å². The van der Waals surface area contributed by atoms with Crippen LogP contribution in [0.25, 0.3) is 0 Å². The van der Waals surface area contributed by atoms with Gasteiger partial charge in [0.15, 0.2) is 0 Å². The molecule has 0 aliphatic rings. The van der Waals surface area contributed by atoms with E-state index in [1.165, 1.54) is 0 Å². The summed E-state index contributed by atoms with van der Waals surface area (Å²) in [6, 6.07) is 0. The molecule has 0 amide bonds. The van der Waals surface area contributed by atoms with E-state index in [9.17, 15) is 0 Å². The van der Waals surface area contributed by atoms with Gasteiger partial charge in [0.25, 0.3) is 0 Å². The van der Waals surface area contributed by atoms with Crippen LogP contribution < -0.4 is 37.7 Å². The van der Waals surface area contributed by atoms with Gasteiger partial charge >= 0.3 is 37.7 Å². The molecule has 0 aromatic rings. The molecule has 0 spiro atoms. The van der Waals surface area contributed by atoms with Gasteiger partial charge in [-0.1, -0.05) is 0 Å². The summed E-state index contributed by atoms with van der Waals surface area (Å²) in [4.78, 5) is 0. The molecule has 0 rings (SSSR count). The first-order chi connectivity index (χ1) is 2.41. The maximum atomic E-state index is 4.58. The van der Waals surface area contributed by atoms with Gasteiger partial charge in [0.05, 0.1) is 0 Å². The first-order valence-corrected chi connectivity index (χ1v) is 1.63. The molecular weight excluding hydrogens is 77.9 g/mol. The standard InChI is InChI=1S/C4H8O.2Li/c1-3-5-4-2;;/h3-4H,1-2H3;;/q-2;2*+1. The van der Waals surface area contributed by atoms with Crippen molar-refractivity contribution in [1.29, 1.82) is 0 Å². The molecule has 0 bridgehead atoms. The molecule has 0 aromatic carbocycles. The minimum absolute atomic E-state index is 0. The van der Waals surface area contributed by atoms with Crippen molar-refractivity contribution in [2.75, 3.05) is 0 Å². The Morgan fingerprint density at radius 2 is 1.29 bits per heavy atom. The Hall–Kier alpha value is 1.15. The van der Waals surface area contributed by atoms with E-state index in [0.29, 0.717) is 0 Å². The van der Waals surface area contributed by atoms with E-state index < -0.39 is 0 Å². The fraction of sp³-hybridized carbons (Fsp3) is 0.500. The average molecular weight is 86.0 g/mol. The van der Waals surface area contributed by atoms with Gasteiger partial charge in [-0.2, -0.15) is 13.8 Å². The molecule has 3 heteroatoms. The SMILES string of the molecule is C[CH-]O[CH-]C.[Li+].[Li+]. The van der Waals surface area contributed by atoms with Crippen molar-refractivity contribution in [1.82, 2.24) is 0 Å². The molecule has 0 aliphatic carbocycles. The third-order valence-electron chi connectivity index (χ3n) is 0.272. The molecule has 0 N–H and O–H groups in total. The smallest absolute Gasteiger partial charge is 0.714 e. The zero-order valence-electron chi connectivity index (χ0n) is 5.56. The third-order valence-corrected chi connectivity index (χ3v) is 0.272. The molecule has 0 aliphatic heterocycles. The van der Waals surface area contributed by atoms with Gasteiger partial charge in [0.2, 0.25) is 0 Å². The molecule has 1 nitrogen and oxygen atoms in total. The molecule has 7 heavy (non-hydrogen) atoms. The second-order valence-electron chi connectivity index (χ2n) is 0.607. The Kier molecular flexibility index (Phi) is 35.2. The van der Waals surface area contributed by atoms with Crippen LogP contribution in [-0.4, -0.2) is 0 Å². The van der Waals surface area contributed by atoms with Gasteiger partial charge in [-0.15, -0.1) is 0 Å². The van der Waals surface area contributed by atoms with Crippen molar-refractivity contribution in [2.45, 2.75) is 13.8 Å². The molecule has 0 saturated carbocycles. The van der Waals surface area contributed by atoms with Gasteiger partial charge in [0.1, 0.15) is 0 Å². The molecule has 0 aromatic heterocycles. The quantitative estimate of drug-likeness (QED) is 0.242. The number of hydrogen-bond acceptors (Lipinski definition) is 1. The summed E-state index contributed by atoms with van der Waals surface area (Å²) < 4.78 is 4.58. The Balaban J connectivity index is -0.0000000800. The summed E-state index contributed by atoms with van der Waals surface area (Å²) in [5.74, 6) is 0. The van der Waals surface area contributed by atoms with Gasteiger partial charge in [-0.05, 0) is 0 Å². The van der Waals surface area contributed by atoms with Crippen LogP contribution >= 0.6 is 0 Å². The minimum Gasteiger partial charge on any atom is -0.714 e. The van der Waals surface area contributed by atoms with Crippen molar-refractivity contribution >= 4 is 0 Å². The summed E-state index contributed by atoms with van der Waals surface area (Å²) in [6.45, 7) is 6.92. The Morgan fingerprint density at radius 1 is 1.00 bits per heavy atom. The number of hydrogen-bond donors (Lipinski definition) is 0. The first kappa shape index (κ1) is 15.7. The molecule has 0 saturated heterocycles. The largest absolute Gasteiger partial charge is 1.00 e. The molecule has 0 atom stereocenters. The molecular formula is C4H8Li2O. The molecule has 0 fully saturated rings. The van der Waals surface area contributed by atoms with Crippen LogP contribution in [0, 0.1) is 13.2 Å². The van der Waals surface area contributed by atoms with E-state index >= 15 is 0 Å². The Bertz CT molecular complexity index is 17.2. The summed E-state index contributed by atoms with van der Waals surface area (Å²) >= 11 is 0. The predicted molar refractivity (Wildman–Crippen MR) is 21.0 cm³/mol. The van der Waals surface area contributed by atoms with Crippen LogP contribution in [0.1, 0.15) is 13.8 Å². The summed E-state index contributed by atoms with van der Waals surface area (Å²) in [5, 5.41) is 0. The van der Waals surface area contributed by atoms with Crippen LogP contribution in [0.3, 0.4) is 0 Å². The topological polar surface area (TPSA) is 9.23 Å². The maximum absolute atomic E-state index is 4.58. The van der Waals surface area contributed by atoms with Crippen molar-refractivity contribution < 1.29 is 42.5 Å². The van der Waals surface area contributed by atoms with Crippen LogP contribution in [0.2, 0.25) is 0 Å². The van der Waals surface area contributed by atoms with Crippen molar-refractivity contribution in [3.63, 3.8) is 0 Å². The maximum Gasteiger partial charge on any atom is 1.00 e. The zero-order valence-corrected chi connectivity index (χ0v) is 5.56. The van der Waals surface area contributed by atoms with E-state index in [-0.39, 0.29) is 37.7 Å². The van der Waals surface area contributed by atoms with Crippen LogP contribution in [0.15, 0.2) is 0 Å². The summed E-state index contributed by atoms with van der Waals surface area (Å²) in [5.41, 5.74) is 0. The second-order valence-corrected chi connectivity index (χ2v) is 0.607. The van der Waals surface area contributed by atoms with E-state index in [4.69, 9.17) is 0 Å².